The maximum absolute atomic E-state index is 10.5. The molecule has 0 radical (unpaired) electrons. The van der Waals surface area contributed by atoms with E-state index < -0.39 is 10.6 Å². The zero-order valence-electron chi connectivity index (χ0n) is 6.06. The van der Waals surface area contributed by atoms with Gasteiger partial charge in [-0.25, -0.2) is 0 Å². The Labute approximate surface area is 75.8 Å². The molecule has 2 unspecified atom stereocenters. The highest BCUT2D eigenvalue weighted by Crippen LogP contribution is 2.20. The molecule has 11 heavy (non-hydrogen) atoms. The van der Waals surface area contributed by atoms with Crippen LogP contribution in [0.15, 0.2) is 0 Å². The average molecular weight is 197 g/mol. The number of carbonyl (C=O) groups excluding carboxylic acids is 1. The monoisotopic (exact) mass is 196 g/mol. The van der Waals surface area contributed by atoms with E-state index in [9.17, 15) is 4.79 Å². The molecule has 1 heterocycles. The number of hydrogen-bond donors (Lipinski definition) is 0. The molecule has 2 atom stereocenters. The van der Waals surface area contributed by atoms with Crippen molar-refractivity contribution in [2.75, 3.05) is 6.61 Å². The summed E-state index contributed by atoms with van der Waals surface area (Å²) in [5.41, 5.74) is 0. The number of ether oxygens (including phenoxy) is 1. The summed E-state index contributed by atoms with van der Waals surface area (Å²) in [7, 11) is 0. The lowest BCUT2D eigenvalue weighted by Crippen LogP contribution is -2.17. The molecule has 1 saturated heterocycles. The number of hydrogen-bond acceptors (Lipinski definition) is 2. The van der Waals surface area contributed by atoms with Gasteiger partial charge in [0.05, 0.1) is 6.10 Å². The largest absolute Gasteiger partial charge is 0.378 e. The lowest BCUT2D eigenvalue weighted by Gasteiger charge is -2.10. The molecule has 1 fully saturated rings. The third-order valence-corrected chi connectivity index (χ3v) is 2.49. The van der Waals surface area contributed by atoms with Crippen molar-refractivity contribution in [1.82, 2.24) is 0 Å². The van der Waals surface area contributed by atoms with Gasteiger partial charge in [-0.05, 0) is 30.9 Å². The molecule has 1 aliphatic heterocycles. The van der Waals surface area contributed by atoms with Gasteiger partial charge in [0.25, 0.3) is 0 Å². The molecule has 64 valence electrons. The molecular formula is C7H10Cl2O2. The average Bonchev–Trinajstić information content (AvgIpc) is 2.39. The Hall–Kier alpha value is 0.210. The van der Waals surface area contributed by atoms with Crippen molar-refractivity contribution in [3.63, 3.8) is 0 Å². The van der Waals surface area contributed by atoms with Crippen molar-refractivity contribution in [2.45, 2.75) is 30.7 Å². The first-order chi connectivity index (χ1) is 5.20. The second-order valence-electron chi connectivity index (χ2n) is 2.64. The van der Waals surface area contributed by atoms with Gasteiger partial charge < -0.3 is 4.74 Å². The quantitative estimate of drug-likeness (QED) is 0.510. The van der Waals surface area contributed by atoms with E-state index in [0.717, 1.165) is 19.4 Å². The van der Waals surface area contributed by atoms with Gasteiger partial charge in [0, 0.05) is 6.61 Å². The van der Waals surface area contributed by atoms with E-state index in [1.807, 2.05) is 0 Å². The Morgan fingerprint density at radius 3 is 2.91 bits per heavy atom. The molecule has 0 aromatic carbocycles. The zero-order valence-corrected chi connectivity index (χ0v) is 7.57. The summed E-state index contributed by atoms with van der Waals surface area (Å²) in [6.45, 7) is 0.782. The van der Waals surface area contributed by atoms with Crippen LogP contribution in [0.3, 0.4) is 0 Å². The summed E-state index contributed by atoms with van der Waals surface area (Å²) in [5.74, 6) is 0. The van der Waals surface area contributed by atoms with Gasteiger partial charge >= 0.3 is 0 Å². The van der Waals surface area contributed by atoms with Crippen LogP contribution in [0.4, 0.5) is 0 Å². The second-order valence-corrected chi connectivity index (χ2v) is 3.54. The van der Waals surface area contributed by atoms with E-state index in [4.69, 9.17) is 27.9 Å². The first-order valence-corrected chi connectivity index (χ1v) is 4.46. The molecule has 0 aromatic rings. The van der Waals surface area contributed by atoms with Gasteiger partial charge in [-0.2, -0.15) is 0 Å². The first kappa shape index (κ1) is 9.30. The summed E-state index contributed by atoms with van der Waals surface area (Å²) in [5, 5.41) is -1.07. The third-order valence-electron chi connectivity index (χ3n) is 1.74. The van der Waals surface area contributed by atoms with Crippen LogP contribution in [-0.4, -0.2) is 23.3 Å². The van der Waals surface area contributed by atoms with Crippen LogP contribution in [0.1, 0.15) is 19.3 Å². The molecule has 0 spiro atoms. The number of rotatable bonds is 3. The van der Waals surface area contributed by atoms with E-state index in [-0.39, 0.29) is 6.10 Å². The van der Waals surface area contributed by atoms with E-state index in [1.165, 1.54) is 0 Å². The lowest BCUT2D eigenvalue weighted by molar-refractivity contribution is -0.111. The molecule has 0 N–H and O–H groups in total. The van der Waals surface area contributed by atoms with Crippen LogP contribution in [0.25, 0.3) is 0 Å². The molecule has 0 aromatic heterocycles. The number of carbonyl (C=O) groups is 1. The van der Waals surface area contributed by atoms with Gasteiger partial charge in [-0.15, -0.1) is 11.6 Å². The van der Waals surface area contributed by atoms with E-state index in [1.54, 1.807) is 0 Å². The maximum atomic E-state index is 10.5. The third kappa shape index (κ3) is 2.97. The Morgan fingerprint density at radius 1 is 1.73 bits per heavy atom. The number of alkyl halides is 1. The van der Waals surface area contributed by atoms with Crippen LogP contribution >= 0.6 is 23.2 Å². The Bertz CT molecular complexity index is 143. The normalized spacial score (nSPS) is 26.9. The van der Waals surface area contributed by atoms with Crippen LogP contribution < -0.4 is 0 Å². The molecule has 1 rings (SSSR count). The molecule has 0 aliphatic carbocycles. The highest BCUT2D eigenvalue weighted by Gasteiger charge is 2.22. The summed E-state index contributed by atoms with van der Waals surface area (Å²) in [6.07, 6.45) is 2.74. The first-order valence-electron chi connectivity index (χ1n) is 3.65. The van der Waals surface area contributed by atoms with Gasteiger partial charge in [-0.1, -0.05) is 0 Å². The van der Waals surface area contributed by atoms with Crippen molar-refractivity contribution >= 4 is 28.4 Å². The predicted molar refractivity (Wildman–Crippen MR) is 44.1 cm³/mol. The standard InChI is InChI=1S/C7H10Cl2O2/c8-6(7(9)10)4-5-2-1-3-11-5/h5-6H,1-4H2. The van der Waals surface area contributed by atoms with Crippen LogP contribution in [0.5, 0.6) is 0 Å². The minimum Gasteiger partial charge on any atom is -0.378 e. The lowest BCUT2D eigenvalue weighted by atomic mass is 10.1. The fraction of sp³-hybridized carbons (Fsp3) is 0.857. The highest BCUT2D eigenvalue weighted by molar-refractivity contribution is 6.69. The van der Waals surface area contributed by atoms with Gasteiger partial charge in [0.15, 0.2) is 0 Å². The van der Waals surface area contributed by atoms with Crippen molar-refractivity contribution in [3.8, 4) is 0 Å². The molecule has 4 heteroatoms. The second kappa shape index (κ2) is 4.29. The SMILES string of the molecule is O=C(Cl)C(Cl)CC1CCCO1. The summed E-state index contributed by atoms with van der Waals surface area (Å²) in [4.78, 5) is 10.5. The zero-order chi connectivity index (χ0) is 8.27. The van der Waals surface area contributed by atoms with Gasteiger partial charge in [0.2, 0.25) is 5.24 Å². The molecular weight excluding hydrogens is 187 g/mol. The van der Waals surface area contributed by atoms with Gasteiger partial charge in [-0.3, -0.25) is 4.79 Å². The smallest absolute Gasteiger partial charge is 0.239 e. The van der Waals surface area contributed by atoms with E-state index in [0.29, 0.717) is 6.42 Å². The fourth-order valence-corrected chi connectivity index (χ4v) is 1.44. The molecule has 0 saturated carbocycles. The molecule has 2 nitrogen and oxygen atoms in total. The van der Waals surface area contributed by atoms with Crippen molar-refractivity contribution in [2.24, 2.45) is 0 Å². The van der Waals surface area contributed by atoms with Crippen LogP contribution in [0.2, 0.25) is 0 Å². The maximum Gasteiger partial charge on any atom is 0.239 e. The van der Waals surface area contributed by atoms with E-state index in [2.05, 4.69) is 0 Å². The Kier molecular flexibility index (Phi) is 3.63. The topological polar surface area (TPSA) is 26.3 Å². The van der Waals surface area contributed by atoms with Crippen molar-refractivity contribution in [1.29, 1.82) is 0 Å². The van der Waals surface area contributed by atoms with Crippen molar-refractivity contribution < 1.29 is 9.53 Å². The summed E-state index contributed by atoms with van der Waals surface area (Å²) >= 11 is 10.8. The van der Waals surface area contributed by atoms with Crippen LogP contribution in [0, 0.1) is 0 Å². The van der Waals surface area contributed by atoms with Gasteiger partial charge in [0.1, 0.15) is 5.38 Å². The minimum absolute atomic E-state index is 0.139. The molecule has 0 amide bonds. The highest BCUT2D eigenvalue weighted by atomic mass is 35.5. The van der Waals surface area contributed by atoms with Crippen LogP contribution in [-0.2, 0) is 9.53 Å². The summed E-state index contributed by atoms with van der Waals surface area (Å²) in [6, 6.07) is 0. The Balaban J connectivity index is 2.23. The minimum atomic E-state index is -0.584. The predicted octanol–water partition coefficient (Wildman–Crippen LogP) is 1.93. The fourth-order valence-electron chi connectivity index (χ4n) is 1.15. The molecule has 0 bridgehead atoms. The summed E-state index contributed by atoms with van der Waals surface area (Å²) < 4.78 is 5.28. The van der Waals surface area contributed by atoms with E-state index >= 15 is 0 Å². The molecule has 1 aliphatic rings. The number of halogens is 2. The van der Waals surface area contributed by atoms with Crippen molar-refractivity contribution in [3.05, 3.63) is 0 Å². The Morgan fingerprint density at radius 2 is 2.45 bits per heavy atom.